The van der Waals surface area contributed by atoms with Crippen LogP contribution >= 0.6 is 0 Å². The van der Waals surface area contributed by atoms with E-state index < -0.39 is 0 Å². The number of benzene rings is 2. The molecule has 0 aliphatic rings. The van der Waals surface area contributed by atoms with Gasteiger partial charge in [-0.2, -0.15) is 0 Å². The van der Waals surface area contributed by atoms with Crippen LogP contribution in [0.4, 0.5) is 11.4 Å². The number of aromatic nitrogens is 1. The van der Waals surface area contributed by atoms with Gasteiger partial charge in [0.05, 0.1) is 17.7 Å². The Morgan fingerprint density at radius 3 is 2.64 bits per heavy atom. The second-order valence-electron chi connectivity index (χ2n) is 5.02. The normalized spacial score (nSPS) is 10.4. The van der Waals surface area contributed by atoms with Crippen LogP contribution < -0.4 is 10.2 Å². The number of hydrogen-bond acceptors (Lipinski definition) is 3. The summed E-state index contributed by atoms with van der Waals surface area (Å²) in [4.78, 5) is 18.3. The van der Waals surface area contributed by atoms with Crippen LogP contribution in [-0.4, -0.2) is 24.5 Å². The summed E-state index contributed by atoms with van der Waals surface area (Å²) in [5, 5.41) is 4.24. The Morgan fingerprint density at radius 2 is 1.82 bits per heavy atom. The number of fused-ring (bicyclic) bond motifs is 1. The molecule has 0 saturated carbocycles. The number of nitrogens with one attached hydrogen (secondary N) is 1. The molecule has 22 heavy (non-hydrogen) atoms. The highest BCUT2D eigenvalue weighted by Gasteiger charge is 2.11. The first-order chi connectivity index (χ1) is 10.8. The van der Waals surface area contributed by atoms with E-state index in [1.165, 1.54) is 0 Å². The number of anilines is 2. The minimum absolute atomic E-state index is 0.000802. The second kappa shape index (κ2) is 6.26. The van der Waals surface area contributed by atoms with Gasteiger partial charge in [0.15, 0.2) is 0 Å². The molecule has 3 rings (SSSR count). The predicted octanol–water partition coefficient (Wildman–Crippen LogP) is 3.31. The molecule has 110 valence electrons. The van der Waals surface area contributed by atoms with Gasteiger partial charge in [0.25, 0.3) is 0 Å². The number of para-hydroxylation sites is 2. The molecule has 1 heterocycles. The lowest BCUT2D eigenvalue weighted by Gasteiger charge is -2.18. The third-order valence-electron chi connectivity index (χ3n) is 3.58. The molecular weight excluding hydrogens is 274 g/mol. The minimum atomic E-state index is -0.000802. The molecule has 1 amide bonds. The van der Waals surface area contributed by atoms with Crippen molar-refractivity contribution in [2.24, 2.45) is 0 Å². The summed E-state index contributed by atoms with van der Waals surface area (Å²) < 4.78 is 0. The number of amides is 1. The van der Waals surface area contributed by atoms with Crippen molar-refractivity contribution in [3.8, 4) is 0 Å². The highest BCUT2D eigenvalue weighted by Crippen LogP contribution is 2.20. The van der Waals surface area contributed by atoms with Gasteiger partial charge < -0.3 is 10.2 Å². The monoisotopic (exact) mass is 291 g/mol. The summed E-state index contributed by atoms with van der Waals surface area (Å²) in [5.41, 5.74) is 2.62. The van der Waals surface area contributed by atoms with E-state index in [1.807, 2.05) is 60.7 Å². The highest BCUT2D eigenvalue weighted by atomic mass is 16.2. The third-order valence-corrected chi connectivity index (χ3v) is 3.58. The minimum Gasteiger partial charge on any atom is -0.374 e. The molecule has 4 nitrogen and oxygen atoms in total. The molecule has 1 N–H and O–H groups in total. The van der Waals surface area contributed by atoms with Gasteiger partial charge in [0.1, 0.15) is 0 Å². The van der Waals surface area contributed by atoms with Crippen molar-refractivity contribution in [3.05, 3.63) is 66.9 Å². The fourth-order valence-corrected chi connectivity index (χ4v) is 2.33. The summed E-state index contributed by atoms with van der Waals surface area (Å²) in [6, 6.07) is 19.4. The van der Waals surface area contributed by atoms with Crippen molar-refractivity contribution in [1.29, 1.82) is 0 Å². The average molecular weight is 291 g/mol. The topological polar surface area (TPSA) is 45.2 Å². The molecule has 0 aliphatic heterocycles. The maximum absolute atomic E-state index is 12.3. The Kier molecular flexibility index (Phi) is 4.01. The van der Waals surface area contributed by atoms with Gasteiger partial charge in [-0.1, -0.05) is 36.4 Å². The Hall–Kier alpha value is -2.88. The third kappa shape index (κ3) is 2.91. The molecule has 0 spiro atoms. The molecule has 0 unspecified atom stereocenters. The molecule has 0 radical (unpaired) electrons. The zero-order valence-electron chi connectivity index (χ0n) is 12.4. The van der Waals surface area contributed by atoms with Crippen LogP contribution in [0.25, 0.3) is 10.9 Å². The summed E-state index contributed by atoms with van der Waals surface area (Å²) in [7, 11) is 1.78. The maximum Gasteiger partial charge on any atom is 0.246 e. The van der Waals surface area contributed by atoms with Crippen molar-refractivity contribution in [1.82, 2.24) is 4.98 Å². The summed E-state index contributed by atoms with van der Waals surface area (Å²) >= 11 is 0. The Balaban J connectivity index is 1.73. The smallest absolute Gasteiger partial charge is 0.246 e. The molecule has 0 aliphatic carbocycles. The average Bonchev–Trinajstić information content (AvgIpc) is 2.59. The summed E-state index contributed by atoms with van der Waals surface area (Å²) in [6.45, 7) is 0.223. The number of rotatable bonds is 4. The first-order valence-electron chi connectivity index (χ1n) is 7.15. The van der Waals surface area contributed by atoms with Crippen LogP contribution in [0.3, 0.4) is 0 Å². The lowest BCUT2D eigenvalue weighted by Crippen LogP contribution is -2.32. The first-order valence-corrected chi connectivity index (χ1v) is 7.15. The fraction of sp³-hybridized carbons (Fsp3) is 0.111. The van der Waals surface area contributed by atoms with Gasteiger partial charge in [0.2, 0.25) is 5.91 Å². The van der Waals surface area contributed by atoms with Gasteiger partial charge in [-0.25, -0.2) is 0 Å². The van der Waals surface area contributed by atoms with Crippen molar-refractivity contribution >= 4 is 28.2 Å². The molecule has 3 aromatic rings. The number of nitrogens with zero attached hydrogens (tertiary/aromatic N) is 2. The van der Waals surface area contributed by atoms with Crippen molar-refractivity contribution in [3.63, 3.8) is 0 Å². The van der Waals surface area contributed by atoms with E-state index in [9.17, 15) is 4.79 Å². The predicted molar refractivity (Wildman–Crippen MR) is 90.1 cm³/mol. The molecule has 1 aromatic heterocycles. The first kappa shape index (κ1) is 14.1. The van der Waals surface area contributed by atoms with Gasteiger partial charge in [0, 0.05) is 24.3 Å². The van der Waals surface area contributed by atoms with Crippen LogP contribution in [0.2, 0.25) is 0 Å². The Morgan fingerprint density at radius 1 is 1.05 bits per heavy atom. The number of pyridine rings is 1. The lowest BCUT2D eigenvalue weighted by atomic mass is 10.2. The molecule has 4 heteroatoms. The SMILES string of the molecule is CN(C(=O)CNc1cccc2cccnc12)c1ccccc1. The Labute approximate surface area is 129 Å². The number of carbonyl (C=O) groups is 1. The number of hydrogen-bond donors (Lipinski definition) is 1. The van der Waals surface area contributed by atoms with Gasteiger partial charge in [-0.05, 0) is 24.3 Å². The van der Waals surface area contributed by atoms with Gasteiger partial charge >= 0.3 is 0 Å². The van der Waals surface area contributed by atoms with Crippen LogP contribution in [-0.2, 0) is 4.79 Å². The maximum atomic E-state index is 12.3. The molecule has 0 saturated heterocycles. The van der Waals surface area contributed by atoms with E-state index in [-0.39, 0.29) is 12.5 Å². The van der Waals surface area contributed by atoms with E-state index in [0.29, 0.717) is 0 Å². The van der Waals surface area contributed by atoms with Crippen molar-refractivity contribution in [2.75, 3.05) is 23.8 Å². The Bertz CT molecular complexity index is 781. The number of carbonyl (C=O) groups excluding carboxylic acids is 1. The summed E-state index contributed by atoms with van der Waals surface area (Å²) in [5.74, 6) is -0.000802. The van der Waals surface area contributed by atoms with E-state index >= 15 is 0 Å². The van der Waals surface area contributed by atoms with Crippen LogP contribution in [0, 0.1) is 0 Å². The highest BCUT2D eigenvalue weighted by molar-refractivity contribution is 5.97. The van der Waals surface area contributed by atoms with Gasteiger partial charge in [-0.15, -0.1) is 0 Å². The zero-order valence-corrected chi connectivity index (χ0v) is 12.4. The van der Waals surface area contributed by atoms with E-state index in [4.69, 9.17) is 0 Å². The van der Waals surface area contributed by atoms with Crippen molar-refractivity contribution < 1.29 is 4.79 Å². The fourth-order valence-electron chi connectivity index (χ4n) is 2.33. The zero-order chi connectivity index (χ0) is 15.4. The van der Waals surface area contributed by atoms with Crippen LogP contribution in [0.1, 0.15) is 0 Å². The molecule has 0 bridgehead atoms. The largest absolute Gasteiger partial charge is 0.374 e. The van der Waals surface area contributed by atoms with Crippen LogP contribution in [0.5, 0.6) is 0 Å². The van der Waals surface area contributed by atoms with Crippen LogP contribution in [0.15, 0.2) is 66.9 Å². The molecule has 0 atom stereocenters. The number of likely N-dealkylation sites (N-methyl/N-ethyl adjacent to an activating group) is 1. The van der Waals surface area contributed by atoms with Gasteiger partial charge in [-0.3, -0.25) is 9.78 Å². The molecular formula is C18H17N3O. The second-order valence-corrected chi connectivity index (χ2v) is 5.02. The molecule has 0 fully saturated rings. The quantitative estimate of drug-likeness (QED) is 0.802. The summed E-state index contributed by atoms with van der Waals surface area (Å²) in [6.07, 6.45) is 1.76. The lowest BCUT2D eigenvalue weighted by molar-refractivity contribution is -0.116. The van der Waals surface area contributed by atoms with E-state index in [0.717, 1.165) is 22.3 Å². The molecule has 2 aromatic carbocycles. The van der Waals surface area contributed by atoms with Crippen molar-refractivity contribution in [2.45, 2.75) is 0 Å². The van der Waals surface area contributed by atoms with E-state index in [1.54, 1.807) is 18.1 Å². The standard InChI is InChI=1S/C18H17N3O/c1-21(15-9-3-2-4-10-15)17(22)13-20-16-11-5-7-14-8-6-12-19-18(14)16/h2-12,20H,13H2,1H3. The van der Waals surface area contributed by atoms with E-state index in [2.05, 4.69) is 10.3 Å².